The van der Waals surface area contributed by atoms with E-state index in [1.54, 1.807) is 24.3 Å². The molecule has 2 amide bonds. The van der Waals surface area contributed by atoms with Crippen LogP contribution < -0.4 is 10.1 Å². The number of esters is 1. The zero-order valence-corrected chi connectivity index (χ0v) is 14.5. The van der Waals surface area contributed by atoms with Gasteiger partial charge in [0.05, 0.1) is 7.11 Å². The summed E-state index contributed by atoms with van der Waals surface area (Å²) in [6.07, 6.45) is 0. The zero-order valence-electron chi connectivity index (χ0n) is 13.6. The van der Waals surface area contributed by atoms with Crippen LogP contribution in [0.3, 0.4) is 0 Å². The highest BCUT2D eigenvalue weighted by atomic mass is 32.2. The molecule has 0 aliphatic carbocycles. The highest BCUT2D eigenvalue weighted by Gasteiger charge is 2.56. The molecule has 0 radical (unpaired) electrons. The van der Waals surface area contributed by atoms with Crippen LogP contribution in [-0.2, 0) is 19.1 Å². The Hall–Kier alpha value is -2.48. The number of hydrogen-bond donors (Lipinski definition) is 1. The van der Waals surface area contributed by atoms with Crippen molar-refractivity contribution in [2.24, 2.45) is 0 Å². The van der Waals surface area contributed by atoms with E-state index in [4.69, 9.17) is 9.47 Å². The summed E-state index contributed by atoms with van der Waals surface area (Å²) in [7, 11) is 1.27. The number of carbonyl (C=O) groups excluding carboxylic acids is 3. The number of benzene rings is 1. The summed E-state index contributed by atoms with van der Waals surface area (Å²) in [5, 5.41) is 2.37. The van der Waals surface area contributed by atoms with Gasteiger partial charge in [-0.05, 0) is 17.7 Å². The molecule has 0 spiro atoms. The number of rotatable bonds is 5. The molecule has 3 rings (SSSR count). The van der Waals surface area contributed by atoms with E-state index in [2.05, 4.69) is 11.9 Å². The summed E-state index contributed by atoms with van der Waals surface area (Å²) in [6, 6.07) is 7.49. The van der Waals surface area contributed by atoms with E-state index in [1.165, 1.54) is 23.8 Å². The number of amides is 2. The minimum absolute atomic E-state index is 0.182. The second-order valence-corrected chi connectivity index (χ2v) is 6.78. The molecule has 2 fully saturated rings. The Labute approximate surface area is 149 Å². The molecular formula is C17H18N2O5S. The summed E-state index contributed by atoms with van der Waals surface area (Å²) < 4.78 is 10.1. The molecule has 0 aromatic heterocycles. The van der Waals surface area contributed by atoms with E-state index < -0.39 is 18.1 Å². The van der Waals surface area contributed by atoms with Gasteiger partial charge in [-0.2, -0.15) is 0 Å². The number of carbonyl (C=O) groups is 3. The van der Waals surface area contributed by atoms with Crippen molar-refractivity contribution in [3.8, 4) is 5.75 Å². The first-order chi connectivity index (χ1) is 12.0. The van der Waals surface area contributed by atoms with Crippen LogP contribution in [0, 0.1) is 0 Å². The first-order valence-corrected chi connectivity index (χ1v) is 8.74. The van der Waals surface area contributed by atoms with E-state index in [0.29, 0.717) is 17.1 Å². The summed E-state index contributed by atoms with van der Waals surface area (Å²) >= 11 is 1.46. The maximum Gasteiger partial charge on any atom is 0.332 e. The fraction of sp³-hybridized carbons (Fsp3) is 0.353. The quantitative estimate of drug-likeness (QED) is 0.468. The van der Waals surface area contributed by atoms with Crippen LogP contribution in [0.15, 0.2) is 42.5 Å². The normalized spacial score (nSPS) is 24.8. The summed E-state index contributed by atoms with van der Waals surface area (Å²) in [5.74, 6) is -0.112. The number of fused-ring (bicyclic) bond motifs is 1. The van der Waals surface area contributed by atoms with Gasteiger partial charge in [-0.25, -0.2) is 4.79 Å². The monoisotopic (exact) mass is 362 g/mol. The zero-order chi connectivity index (χ0) is 18.0. The lowest BCUT2D eigenvalue weighted by molar-refractivity contribution is -0.162. The number of methoxy groups -OCH3 is 1. The Morgan fingerprint density at radius 3 is 2.76 bits per heavy atom. The van der Waals surface area contributed by atoms with Gasteiger partial charge in [0.1, 0.15) is 17.2 Å². The molecule has 2 aliphatic rings. The predicted octanol–water partition coefficient (Wildman–Crippen LogP) is 0.563. The Bertz CT molecular complexity index is 700. The summed E-state index contributed by atoms with van der Waals surface area (Å²) in [4.78, 5) is 37.8. The fourth-order valence-corrected chi connectivity index (χ4v) is 4.12. The Kier molecular flexibility index (Phi) is 4.98. The molecule has 25 heavy (non-hydrogen) atoms. The second kappa shape index (κ2) is 7.18. The average Bonchev–Trinajstić information content (AvgIpc) is 2.64. The third-order valence-corrected chi connectivity index (χ3v) is 5.42. The van der Waals surface area contributed by atoms with Gasteiger partial charge < -0.3 is 19.7 Å². The first-order valence-electron chi connectivity index (χ1n) is 7.69. The van der Waals surface area contributed by atoms with Crippen LogP contribution in [0.25, 0.3) is 0 Å². The Morgan fingerprint density at radius 2 is 2.08 bits per heavy atom. The SMILES string of the molecule is C=C1CS[C@@H]2[C@H](NC(=O)COc3ccccc3)C(=O)N2C1C(=O)OC. The molecule has 1 aromatic rings. The lowest BCUT2D eigenvalue weighted by atomic mass is 9.98. The highest BCUT2D eigenvalue weighted by molar-refractivity contribution is 8.00. The van der Waals surface area contributed by atoms with Crippen molar-refractivity contribution in [3.63, 3.8) is 0 Å². The molecule has 132 valence electrons. The van der Waals surface area contributed by atoms with Crippen molar-refractivity contribution in [2.45, 2.75) is 17.5 Å². The Balaban J connectivity index is 1.58. The van der Waals surface area contributed by atoms with E-state index in [-0.39, 0.29) is 23.8 Å². The van der Waals surface area contributed by atoms with Crippen molar-refractivity contribution >= 4 is 29.5 Å². The number of thioether (sulfide) groups is 1. The van der Waals surface area contributed by atoms with Crippen molar-refractivity contribution < 1.29 is 23.9 Å². The number of para-hydroxylation sites is 1. The lowest BCUT2D eigenvalue weighted by Crippen LogP contribution is -2.74. The molecule has 7 nitrogen and oxygen atoms in total. The minimum atomic E-state index is -0.780. The molecule has 3 atom stereocenters. The van der Waals surface area contributed by atoms with Crippen LogP contribution >= 0.6 is 11.8 Å². The fourth-order valence-electron chi connectivity index (χ4n) is 2.81. The third-order valence-electron chi connectivity index (χ3n) is 4.04. The predicted molar refractivity (Wildman–Crippen MR) is 91.9 cm³/mol. The van der Waals surface area contributed by atoms with Gasteiger partial charge in [-0.15, -0.1) is 11.8 Å². The van der Waals surface area contributed by atoms with Crippen LogP contribution in [0.5, 0.6) is 5.75 Å². The van der Waals surface area contributed by atoms with E-state index in [9.17, 15) is 14.4 Å². The number of nitrogens with zero attached hydrogens (tertiary/aromatic N) is 1. The smallest absolute Gasteiger partial charge is 0.332 e. The van der Waals surface area contributed by atoms with E-state index in [1.807, 2.05) is 6.07 Å². The number of β-lactam (4-membered cyclic amide) rings is 1. The van der Waals surface area contributed by atoms with Crippen LogP contribution in [0.1, 0.15) is 0 Å². The lowest BCUT2D eigenvalue weighted by Gasteiger charge is -2.52. The van der Waals surface area contributed by atoms with Gasteiger partial charge in [0, 0.05) is 5.75 Å². The van der Waals surface area contributed by atoms with Crippen molar-refractivity contribution in [1.29, 1.82) is 0 Å². The number of ether oxygens (including phenoxy) is 2. The molecule has 1 aromatic carbocycles. The molecule has 1 unspecified atom stereocenters. The van der Waals surface area contributed by atoms with Crippen LogP contribution in [0.2, 0.25) is 0 Å². The molecule has 0 bridgehead atoms. The largest absolute Gasteiger partial charge is 0.484 e. The van der Waals surface area contributed by atoms with Crippen molar-refractivity contribution in [1.82, 2.24) is 10.2 Å². The van der Waals surface area contributed by atoms with Gasteiger partial charge in [0.2, 0.25) is 5.91 Å². The summed E-state index contributed by atoms with van der Waals surface area (Å²) in [6.45, 7) is 3.66. The van der Waals surface area contributed by atoms with E-state index in [0.717, 1.165) is 0 Å². The van der Waals surface area contributed by atoms with Crippen molar-refractivity contribution in [2.75, 3.05) is 19.5 Å². The van der Waals surface area contributed by atoms with Crippen LogP contribution in [0.4, 0.5) is 0 Å². The van der Waals surface area contributed by atoms with E-state index >= 15 is 0 Å². The summed E-state index contributed by atoms with van der Waals surface area (Å²) in [5.41, 5.74) is 0.624. The topological polar surface area (TPSA) is 84.9 Å². The molecular weight excluding hydrogens is 344 g/mol. The molecule has 8 heteroatoms. The van der Waals surface area contributed by atoms with Gasteiger partial charge in [0.25, 0.3) is 5.91 Å². The van der Waals surface area contributed by atoms with Gasteiger partial charge in [-0.1, -0.05) is 24.8 Å². The van der Waals surface area contributed by atoms with Crippen LogP contribution in [-0.4, -0.2) is 59.6 Å². The van der Waals surface area contributed by atoms with Gasteiger partial charge in [0.15, 0.2) is 12.6 Å². The number of nitrogens with one attached hydrogen (secondary N) is 1. The van der Waals surface area contributed by atoms with Crippen molar-refractivity contribution in [3.05, 3.63) is 42.5 Å². The highest BCUT2D eigenvalue weighted by Crippen LogP contribution is 2.40. The van der Waals surface area contributed by atoms with Gasteiger partial charge >= 0.3 is 5.97 Å². The standard InChI is InChI=1S/C17H18N2O5S/c1-10-9-25-16-13(15(21)19(16)14(10)17(22)23-2)18-12(20)8-24-11-6-4-3-5-7-11/h3-7,13-14,16H,1,8-9H2,2H3,(H,18,20)/t13-,14?,16-/m1/s1. The average molecular weight is 362 g/mol. The maximum absolute atomic E-state index is 12.4. The molecule has 2 heterocycles. The molecule has 1 N–H and O–H groups in total. The Morgan fingerprint density at radius 1 is 1.36 bits per heavy atom. The second-order valence-electron chi connectivity index (χ2n) is 5.68. The molecule has 2 aliphatic heterocycles. The molecule has 2 saturated heterocycles. The first kappa shape index (κ1) is 17.3. The minimum Gasteiger partial charge on any atom is -0.484 e. The molecule has 0 saturated carbocycles. The maximum atomic E-state index is 12.4. The van der Waals surface area contributed by atoms with Gasteiger partial charge in [-0.3, -0.25) is 9.59 Å². The third kappa shape index (κ3) is 3.34. The number of hydrogen-bond acceptors (Lipinski definition) is 6.